The number of ketones is 1. The number of ether oxygens (including phenoxy) is 3. The first-order valence-corrected chi connectivity index (χ1v) is 10.7. The molecule has 0 atom stereocenters. The zero-order chi connectivity index (χ0) is 22.8. The Labute approximate surface area is 187 Å². The molecule has 2 aromatic heterocycles. The molecule has 0 spiro atoms. The fourth-order valence-electron chi connectivity index (χ4n) is 3.47. The molecule has 0 bridgehead atoms. The maximum Gasteiger partial charge on any atom is 0.358 e. The van der Waals surface area contributed by atoms with Crippen molar-refractivity contribution in [2.24, 2.45) is 0 Å². The van der Waals surface area contributed by atoms with Gasteiger partial charge in [-0.1, -0.05) is 0 Å². The third-order valence-electron chi connectivity index (χ3n) is 4.85. The molecule has 1 amide bonds. The van der Waals surface area contributed by atoms with E-state index in [1.54, 1.807) is 6.07 Å². The van der Waals surface area contributed by atoms with Crippen molar-refractivity contribution < 1.29 is 28.6 Å². The number of nitrogens with one attached hydrogen (secondary N) is 1. The number of hydrogen-bond donors (Lipinski definition) is 1. The van der Waals surface area contributed by atoms with E-state index in [1.807, 2.05) is 36.6 Å². The average Bonchev–Trinajstić information content (AvgIpc) is 3.35. The topological polar surface area (TPSA) is 109 Å². The molecule has 0 aliphatic carbocycles. The second kappa shape index (κ2) is 8.83. The van der Waals surface area contributed by atoms with Crippen LogP contribution in [0.1, 0.15) is 39.2 Å². The lowest BCUT2D eigenvalue weighted by Gasteiger charge is -2.20. The number of anilines is 1. The predicted octanol–water partition coefficient (Wildman–Crippen LogP) is 3.32. The van der Waals surface area contributed by atoms with E-state index in [2.05, 4.69) is 10.3 Å². The third kappa shape index (κ3) is 4.35. The number of rotatable bonds is 6. The van der Waals surface area contributed by atoms with Crippen LogP contribution >= 0.6 is 11.3 Å². The van der Waals surface area contributed by atoms with Gasteiger partial charge in [0.1, 0.15) is 13.2 Å². The Balaban J connectivity index is 1.47. The molecule has 1 aromatic carbocycles. The summed E-state index contributed by atoms with van der Waals surface area (Å²) in [6.07, 6.45) is 0. The van der Waals surface area contributed by atoms with Gasteiger partial charge in [0.25, 0.3) is 0 Å². The molecule has 166 valence electrons. The standard InChI is InChI=1S/C22H21N3O6S/c1-12-8-16(13(2)25(12)15-4-5-19-20(9-15)30-7-6-29-19)18(27)10-31-21(28)17-11-32-22(24-17)23-14(3)26/h4-5,8-9,11H,6-7,10H2,1-3H3,(H,23,24,26). The number of aryl methyl sites for hydroxylation is 1. The summed E-state index contributed by atoms with van der Waals surface area (Å²) in [6, 6.07) is 7.38. The summed E-state index contributed by atoms with van der Waals surface area (Å²) in [7, 11) is 0. The molecule has 1 aliphatic heterocycles. The third-order valence-corrected chi connectivity index (χ3v) is 5.60. The lowest BCUT2D eigenvalue weighted by atomic mass is 10.1. The second-order valence-corrected chi connectivity index (χ2v) is 8.02. The number of aromatic nitrogens is 2. The van der Waals surface area contributed by atoms with E-state index in [1.165, 1.54) is 12.3 Å². The van der Waals surface area contributed by atoms with Gasteiger partial charge in [-0.15, -0.1) is 11.3 Å². The molecule has 3 aromatic rings. The van der Waals surface area contributed by atoms with Crippen molar-refractivity contribution >= 4 is 34.1 Å². The van der Waals surface area contributed by atoms with Crippen LogP contribution in [-0.4, -0.2) is 47.0 Å². The van der Waals surface area contributed by atoms with Crippen molar-refractivity contribution in [3.05, 3.63) is 52.3 Å². The molecule has 0 unspecified atom stereocenters. The van der Waals surface area contributed by atoms with E-state index in [0.29, 0.717) is 35.4 Å². The number of carbonyl (C=O) groups is 3. The van der Waals surface area contributed by atoms with Crippen molar-refractivity contribution in [1.29, 1.82) is 0 Å². The smallest absolute Gasteiger partial charge is 0.358 e. The van der Waals surface area contributed by atoms with E-state index in [4.69, 9.17) is 14.2 Å². The summed E-state index contributed by atoms with van der Waals surface area (Å²) in [5.41, 5.74) is 2.92. The Hall–Kier alpha value is -3.66. The van der Waals surface area contributed by atoms with E-state index >= 15 is 0 Å². The van der Waals surface area contributed by atoms with Gasteiger partial charge in [0.05, 0.1) is 0 Å². The predicted molar refractivity (Wildman–Crippen MR) is 117 cm³/mol. The van der Waals surface area contributed by atoms with Crippen molar-refractivity contribution in [2.75, 3.05) is 25.1 Å². The number of nitrogens with zero attached hydrogens (tertiary/aromatic N) is 2. The summed E-state index contributed by atoms with van der Waals surface area (Å²) in [5, 5.41) is 4.25. The van der Waals surface area contributed by atoms with Crippen LogP contribution in [0.3, 0.4) is 0 Å². The first kappa shape index (κ1) is 21.6. The van der Waals surface area contributed by atoms with Gasteiger partial charge in [0.15, 0.2) is 28.9 Å². The first-order chi connectivity index (χ1) is 15.3. The van der Waals surface area contributed by atoms with E-state index < -0.39 is 12.6 Å². The molecule has 0 saturated heterocycles. The van der Waals surface area contributed by atoms with Crippen LogP contribution in [0, 0.1) is 13.8 Å². The Bertz CT molecular complexity index is 1210. The van der Waals surface area contributed by atoms with Gasteiger partial charge in [0, 0.05) is 41.0 Å². The summed E-state index contributed by atoms with van der Waals surface area (Å²) >= 11 is 1.10. The molecule has 4 rings (SSSR count). The fourth-order valence-corrected chi connectivity index (χ4v) is 4.20. The number of benzene rings is 1. The van der Waals surface area contributed by atoms with Crippen LogP contribution in [0.25, 0.3) is 5.69 Å². The zero-order valence-electron chi connectivity index (χ0n) is 17.8. The summed E-state index contributed by atoms with van der Waals surface area (Å²) in [4.78, 5) is 40.1. The first-order valence-electron chi connectivity index (χ1n) is 9.86. The maximum atomic E-state index is 12.8. The van der Waals surface area contributed by atoms with Crippen LogP contribution in [0.2, 0.25) is 0 Å². The highest BCUT2D eigenvalue weighted by molar-refractivity contribution is 7.14. The molecule has 32 heavy (non-hydrogen) atoms. The summed E-state index contributed by atoms with van der Waals surface area (Å²) < 4.78 is 18.3. The van der Waals surface area contributed by atoms with Crippen LogP contribution < -0.4 is 14.8 Å². The van der Waals surface area contributed by atoms with Crippen molar-refractivity contribution in [2.45, 2.75) is 20.8 Å². The zero-order valence-corrected chi connectivity index (χ0v) is 18.6. The van der Waals surface area contributed by atoms with E-state index in [-0.39, 0.29) is 17.4 Å². The largest absolute Gasteiger partial charge is 0.486 e. The Kier molecular flexibility index (Phi) is 5.95. The Morgan fingerprint density at radius 1 is 1.16 bits per heavy atom. The number of hydrogen-bond acceptors (Lipinski definition) is 8. The minimum atomic E-state index is -0.730. The van der Waals surface area contributed by atoms with Crippen molar-refractivity contribution in [3.8, 4) is 17.2 Å². The molecule has 0 radical (unpaired) electrons. The highest BCUT2D eigenvalue weighted by Gasteiger charge is 2.21. The second-order valence-electron chi connectivity index (χ2n) is 7.17. The van der Waals surface area contributed by atoms with Gasteiger partial charge in [0.2, 0.25) is 11.7 Å². The van der Waals surface area contributed by atoms with E-state index in [9.17, 15) is 14.4 Å². The van der Waals surface area contributed by atoms with Crippen LogP contribution in [0.15, 0.2) is 29.6 Å². The Morgan fingerprint density at radius 2 is 1.91 bits per heavy atom. The molecule has 0 fully saturated rings. The number of thiazole rings is 1. The average molecular weight is 455 g/mol. The van der Waals surface area contributed by atoms with Crippen LogP contribution in [0.4, 0.5) is 5.13 Å². The van der Waals surface area contributed by atoms with Gasteiger partial charge >= 0.3 is 5.97 Å². The minimum absolute atomic E-state index is 0.0355. The molecular formula is C22H21N3O6S. The number of fused-ring (bicyclic) bond motifs is 1. The monoisotopic (exact) mass is 455 g/mol. The van der Waals surface area contributed by atoms with Crippen molar-refractivity contribution in [1.82, 2.24) is 9.55 Å². The molecule has 3 heterocycles. The lowest BCUT2D eigenvalue weighted by molar-refractivity contribution is -0.114. The molecular weight excluding hydrogens is 434 g/mol. The SMILES string of the molecule is CC(=O)Nc1nc(C(=O)OCC(=O)c2cc(C)n(-c3ccc4c(c3)OCCO4)c2C)cs1. The van der Waals surface area contributed by atoms with E-state index in [0.717, 1.165) is 28.4 Å². The lowest BCUT2D eigenvalue weighted by Crippen LogP contribution is -2.16. The summed E-state index contributed by atoms with van der Waals surface area (Å²) in [6.45, 7) is 5.66. The molecule has 0 saturated carbocycles. The molecule has 9 nitrogen and oxygen atoms in total. The van der Waals surface area contributed by atoms with Gasteiger partial charge in [-0.25, -0.2) is 9.78 Å². The summed E-state index contributed by atoms with van der Waals surface area (Å²) in [5.74, 6) is 0.00143. The van der Waals surface area contributed by atoms with Gasteiger partial charge in [-0.2, -0.15) is 0 Å². The molecule has 1 aliphatic rings. The highest BCUT2D eigenvalue weighted by atomic mass is 32.1. The van der Waals surface area contributed by atoms with Gasteiger partial charge < -0.3 is 24.1 Å². The van der Waals surface area contributed by atoms with Gasteiger partial charge in [-0.3, -0.25) is 9.59 Å². The quantitative estimate of drug-likeness (QED) is 0.449. The van der Waals surface area contributed by atoms with Crippen molar-refractivity contribution in [3.63, 3.8) is 0 Å². The normalized spacial score (nSPS) is 12.3. The molecule has 10 heteroatoms. The number of esters is 1. The highest BCUT2D eigenvalue weighted by Crippen LogP contribution is 2.33. The maximum absolute atomic E-state index is 12.8. The Morgan fingerprint density at radius 3 is 2.66 bits per heavy atom. The van der Waals surface area contributed by atoms with Crippen LogP contribution in [0.5, 0.6) is 11.5 Å². The van der Waals surface area contributed by atoms with Gasteiger partial charge in [-0.05, 0) is 32.0 Å². The number of amides is 1. The fraction of sp³-hybridized carbons (Fsp3) is 0.273. The molecule has 1 N–H and O–H groups in total. The number of carbonyl (C=O) groups excluding carboxylic acids is 3. The number of Topliss-reactive ketones (excluding diaryl/α,β-unsaturated/α-hetero) is 1. The van der Waals surface area contributed by atoms with Crippen LogP contribution in [-0.2, 0) is 9.53 Å². The minimum Gasteiger partial charge on any atom is -0.486 e.